The Labute approximate surface area is 173 Å². The third-order valence-corrected chi connectivity index (χ3v) is 4.96. The van der Waals surface area contributed by atoms with E-state index < -0.39 is 23.1 Å². The Morgan fingerprint density at radius 3 is 2.74 bits per heavy atom. The first-order valence-corrected chi connectivity index (χ1v) is 9.44. The van der Waals surface area contributed by atoms with Crippen molar-refractivity contribution in [2.45, 2.75) is 13.0 Å². The van der Waals surface area contributed by atoms with Gasteiger partial charge >= 0.3 is 0 Å². The van der Waals surface area contributed by atoms with Crippen LogP contribution in [-0.4, -0.2) is 19.9 Å². The summed E-state index contributed by atoms with van der Waals surface area (Å²) in [6.07, 6.45) is 2.86. The molecule has 0 saturated carbocycles. The number of aromatic amines is 1. The van der Waals surface area contributed by atoms with Gasteiger partial charge < -0.3 is 14.7 Å². The van der Waals surface area contributed by atoms with Gasteiger partial charge in [-0.15, -0.1) is 0 Å². The normalized spacial score (nSPS) is 12.4. The van der Waals surface area contributed by atoms with Crippen molar-refractivity contribution in [1.82, 2.24) is 19.9 Å². The van der Waals surface area contributed by atoms with E-state index in [4.69, 9.17) is 4.42 Å². The molecule has 0 radical (unpaired) electrons. The molecule has 2 aromatic carbocycles. The van der Waals surface area contributed by atoms with Crippen molar-refractivity contribution in [3.63, 3.8) is 0 Å². The van der Waals surface area contributed by atoms with Crippen LogP contribution in [-0.2, 0) is 0 Å². The molecule has 0 spiro atoms. The maximum absolute atomic E-state index is 13.9. The van der Waals surface area contributed by atoms with E-state index in [1.165, 1.54) is 43.0 Å². The zero-order chi connectivity index (χ0) is 21.5. The van der Waals surface area contributed by atoms with Crippen LogP contribution in [0.1, 0.15) is 18.7 Å². The van der Waals surface area contributed by atoms with Crippen LogP contribution in [0.4, 0.5) is 14.6 Å². The Balaban J connectivity index is 1.71. The second-order valence-corrected chi connectivity index (χ2v) is 7.01. The number of fused-ring (bicyclic) bond motifs is 2. The quantitative estimate of drug-likeness (QED) is 0.443. The molecule has 154 valence electrons. The summed E-state index contributed by atoms with van der Waals surface area (Å²) in [6.45, 7) is 1.78. The molecule has 0 bridgehead atoms. The molecule has 2 N–H and O–H groups in total. The molecule has 7 nitrogen and oxygen atoms in total. The monoisotopic (exact) mass is 419 g/mol. The Morgan fingerprint density at radius 1 is 1.06 bits per heavy atom. The summed E-state index contributed by atoms with van der Waals surface area (Å²) in [5, 5.41) is 3.27. The SMILES string of the molecule is C[C@@H](Nc1ncnc2nc[nH]c12)c1oc2ccc(F)cc2c(=O)c1-c1cccc(F)c1. The predicted octanol–water partition coefficient (Wildman–Crippen LogP) is 4.58. The van der Waals surface area contributed by atoms with Gasteiger partial charge in [0.2, 0.25) is 5.43 Å². The Morgan fingerprint density at radius 2 is 1.90 bits per heavy atom. The van der Waals surface area contributed by atoms with Crippen LogP contribution < -0.4 is 10.7 Å². The van der Waals surface area contributed by atoms with E-state index in [0.717, 1.165) is 6.07 Å². The molecule has 3 aromatic heterocycles. The lowest BCUT2D eigenvalue weighted by Gasteiger charge is -2.18. The molecule has 0 aliphatic rings. The average Bonchev–Trinajstić information content (AvgIpc) is 3.24. The molecule has 31 heavy (non-hydrogen) atoms. The molecular formula is C22H15F2N5O2. The highest BCUT2D eigenvalue weighted by molar-refractivity contribution is 5.84. The number of hydrogen-bond acceptors (Lipinski definition) is 6. The second-order valence-electron chi connectivity index (χ2n) is 7.01. The Hall–Kier alpha value is -4.14. The fraction of sp³-hybridized carbons (Fsp3) is 0.0909. The summed E-state index contributed by atoms with van der Waals surface area (Å²) >= 11 is 0. The molecular weight excluding hydrogens is 404 g/mol. The van der Waals surface area contributed by atoms with Crippen LogP contribution in [0.15, 0.2) is 64.3 Å². The van der Waals surface area contributed by atoms with Crippen molar-refractivity contribution in [1.29, 1.82) is 0 Å². The number of hydrogen-bond donors (Lipinski definition) is 2. The molecule has 9 heteroatoms. The van der Waals surface area contributed by atoms with Crippen molar-refractivity contribution in [2.24, 2.45) is 0 Å². The minimum atomic E-state index is -0.563. The van der Waals surface area contributed by atoms with Gasteiger partial charge in [-0.3, -0.25) is 4.79 Å². The highest BCUT2D eigenvalue weighted by atomic mass is 19.1. The zero-order valence-corrected chi connectivity index (χ0v) is 16.2. The highest BCUT2D eigenvalue weighted by Crippen LogP contribution is 2.32. The first-order valence-electron chi connectivity index (χ1n) is 9.44. The number of imidazole rings is 1. The van der Waals surface area contributed by atoms with Gasteiger partial charge in [0, 0.05) is 0 Å². The van der Waals surface area contributed by atoms with Gasteiger partial charge in [-0.25, -0.2) is 23.7 Å². The molecule has 5 aromatic rings. The number of nitrogens with zero attached hydrogens (tertiary/aromatic N) is 3. The van der Waals surface area contributed by atoms with E-state index in [2.05, 4.69) is 25.3 Å². The van der Waals surface area contributed by atoms with Crippen LogP contribution in [0.3, 0.4) is 0 Å². The summed E-state index contributed by atoms with van der Waals surface area (Å²) in [5.41, 5.74) is 1.32. The lowest BCUT2D eigenvalue weighted by Crippen LogP contribution is -2.16. The third-order valence-electron chi connectivity index (χ3n) is 4.96. The molecule has 0 saturated heterocycles. The lowest BCUT2D eigenvalue weighted by molar-refractivity contribution is 0.514. The van der Waals surface area contributed by atoms with Crippen LogP contribution in [0, 0.1) is 11.6 Å². The van der Waals surface area contributed by atoms with Gasteiger partial charge in [0.05, 0.1) is 23.3 Å². The summed E-state index contributed by atoms with van der Waals surface area (Å²) in [5.74, 6) is -0.340. The van der Waals surface area contributed by atoms with E-state index in [9.17, 15) is 13.6 Å². The van der Waals surface area contributed by atoms with Crippen molar-refractivity contribution in [3.8, 4) is 11.1 Å². The first kappa shape index (κ1) is 18.9. The van der Waals surface area contributed by atoms with Crippen LogP contribution >= 0.6 is 0 Å². The van der Waals surface area contributed by atoms with Crippen molar-refractivity contribution in [2.75, 3.05) is 5.32 Å². The minimum absolute atomic E-state index is 0.0770. The summed E-state index contributed by atoms with van der Waals surface area (Å²) in [6, 6.07) is 8.80. The number of H-pyrrole nitrogens is 1. The number of nitrogens with one attached hydrogen (secondary N) is 2. The van der Waals surface area contributed by atoms with Crippen molar-refractivity contribution in [3.05, 3.63) is 82.7 Å². The number of halogens is 2. The third kappa shape index (κ3) is 3.29. The van der Waals surface area contributed by atoms with Crippen molar-refractivity contribution < 1.29 is 13.2 Å². The lowest BCUT2D eigenvalue weighted by atomic mass is 9.99. The average molecular weight is 419 g/mol. The number of rotatable bonds is 4. The minimum Gasteiger partial charge on any atom is -0.458 e. The van der Waals surface area contributed by atoms with Gasteiger partial charge in [0.25, 0.3) is 0 Å². The second kappa shape index (κ2) is 7.28. The number of aromatic nitrogens is 4. The number of anilines is 1. The molecule has 0 fully saturated rings. The topological polar surface area (TPSA) is 96.7 Å². The molecule has 0 aliphatic heterocycles. The largest absolute Gasteiger partial charge is 0.458 e. The predicted molar refractivity (Wildman–Crippen MR) is 112 cm³/mol. The van der Waals surface area contributed by atoms with Gasteiger partial charge in [0.15, 0.2) is 11.5 Å². The first-order chi connectivity index (χ1) is 15.0. The number of benzene rings is 2. The fourth-order valence-corrected chi connectivity index (χ4v) is 3.55. The van der Waals surface area contributed by atoms with Gasteiger partial charge in [-0.2, -0.15) is 0 Å². The van der Waals surface area contributed by atoms with Gasteiger partial charge in [0.1, 0.15) is 34.8 Å². The van der Waals surface area contributed by atoms with E-state index in [-0.39, 0.29) is 22.3 Å². The van der Waals surface area contributed by atoms with Gasteiger partial charge in [-0.05, 0) is 42.8 Å². The summed E-state index contributed by atoms with van der Waals surface area (Å²) in [4.78, 5) is 28.7. The molecule has 1 atom stereocenters. The van der Waals surface area contributed by atoms with E-state index in [1.807, 2.05) is 0 Å². The van der Waals surface area contributed by atoms with Crippen LogP contribution in [0.5, 0.6) is 0 Å². The zero-order valence-electron chi connectivity index (χ0n) is 16.2. The van der Waals surface area contributed by atoms with E-state index >= 15 is 0 Å². The standard InChI is InChI=1S/C22H15F2N5O2/c1-11(29-22-18-21(26-9-25-18)27-10-28-22)20-17(12-3-2-4-13(23)7-12)19(30)15-8-14(24)5-6-16(15)31-20/h2-11H,1H3,(H2,25,26,27,28,29)/t11-/m1/s1. The smallest absolute Gasteiger partial charge is 0.200 e. The maximum atomic E-state index is 13.9. The van der Waals surface area contributed by atoms with Gasteiger partial charge in [-0.1, -0.05) is 12.1 Å². The molecule has 5 rings (SSSR count). The van der Waals surface area contributed by atoms with Crippen molar-refractivity contribution >= 4 is 28.0 Å². The molecule has 0 unspecified atom stereocenters. The van der Waals surface area contributed by atoms with Crippen LogP contribution in [0.2, 0.25) is 0 Å². The Bertz CT molecular complexity index is 1490. The molecule has 0 aliphatic carbocycles. The summed E-state index contributed by atoms with van der Waals surface area (Å²) in [7, 11) is 0. The Kier molecular flexibility index (Phi) is 4.43. The molecule has 3 heterocycles. The fourth-order valence-electron chi connectivity index (χ4n) is 3.55. The molecule has 0 amide bonds. The van der Waals surface area contributed by atoms with Crippen LogP contribution in [0.25, 0.3) is 33.3 Å². The van der Waals surface area contributed by atoms with E-state index in [0.29, 0.717) is 22.5 Å². The summed E-state index contributed by atoms with van der Waals surface area (Å²) < 4.78 is 33.8. The maximum Gasteiger partial charge on any atom is 0.200 e. The highest BCUT2D eigenvalue weighted by Gasteiger charge is 2.23. The van der Waals surface area contributed by atoms with E-state index in [1.54, 1.807) is 13.0 Å².